The third kappa shape index (κ3) is 3.36. The zero-order chi connectivity index (χ0) is 14.0. The summed E-state index contributed by atoms with van der Waals surface area (Å²) in [5, 5.41) is 2.79. The molecule has 0 saturated heterocycles. The maximum absolute atomic E-state index is 12.1. The summed E-state index contributed by atoms with van der Waals surface area (Å²) in [5.74, 6) is -0.185. The number of hydrogen-bond donors (Lipinski definition) is 2. The number of halogens is 2. The van der Waals surface area contributed by atoms with Crippen molar-refractivity contribution >= 4 is 49.1 Å². The lowest BCUT2D eigenvalue weighted by Gasteiger charge is -2.09. The molecule has 2 aromatic rings. The molecule has 2 rings (SSSR count). The van der Waals surface area contributed by atoms with Crippen LogP contribution in [0.2, 0.25) is 0 Å². The summed E-state index contributed by atoms with van der Waals surface area (Å²) < 4.78 is 1.78. The van der Waals surface area contributed by atoms with Gasteiger partial charge in [0.1, 0.15) is 0 Å². The first-order valence-corrected chi connectivity index (χ1v) is 7.18. The van der Waals surface area contributed by atoms with E-state index in [1.807, 2.05) is 19.1 Å². The standard InChI is InChI=1S/C14H12Br2N2O/c1-8-2-3-9(6-11(8)16)14(19)18-13-5-4-10(15)7-12(13)17/h2-7H,17H2,1H3,(H,18,19). The molecule has 3 N–H and O–H groups in total. The van der Waals surface area contributed by atoms with Crippen molar-refractivity contribution < 1.29 is 4.79 Å². The van der Waals surface area contributed by atoms with Crippen LogP contribution in [0.25, 0.3) is 0 Å². The molecule has 0 atom stereocenters. The van der Waals surface area contributed by atoms with Gasteiger partial charge in [-0.25, -0.2) is 0 Å². The predicted molar refractivity (Wildman–Crippen MR) is 85.4 cm³/mol. The number of amides is 1. The maximum Gasteiger partial charge on any atom is 0.255 e. The first-order chi connectivity index (χ1) is 8.97. The molecule has 0 bridgehead atoms. The summed E-state index contributed by atoms with van der Waals surface area (Å²) >= 11 is 6.74. The van der Waals surface area contributed by atoms with Crippen molar-refractivity contribution in [3.63, 3.8) is 0 Å². The minimum atomic E-state index is -0.185. The van der Waals surface area contributed by atoms with E-state index in [-0.39, 0.29) is 5.91 Å². The van der Waals surface area contributed by atoms with E-state index in [0.717, 1.165) is 14.5 Å². The molecule has 0 aliphatic heterocycles. The van der Waals surface area contributed by atoms with Gasteiger partial charge in [0, 0.05) is 14.5 Å². The Labute approximate surface area is 128 Å². The number of carbonyl (C=O) groups is 1. The van der Waals surface area contributed by atoms with Crippen LogP contribution in [0.15, 0.2) is 45.3 Å². The molecule has 0 spiro atoms. The second kappa shape index (κ2) is 5.75. The molecule has 5 heteroatoms. The van der Waals surface area contributed by atoms with Gasteiger partial charge in [-0.2, -0.15) is 0 Å². The van der Waals surface area contributed by atoms with Gasteiger partial charge in [0.25, 0.3) is 5.91 Å². The van der Waals surface area contributed by atoms with Gasteiger partial charge in [0.2, 0.25) is 0 Å². The number of anilines is 2. The number of carbonyl (C=O) groups excluding carboxylic acids is 1. The fourth-order valence-electron chi connectivity index (χ4n) is 1.58. The SMILES string of the molecule is Cc1ccc(C(=O)Nc2ccc(Br)cc2N)cc1Br. The smallest absolute Gasteiger partial charge is 0.255 e. The van der Waals surface area contributed by atoms with Crippen molar-refractivity contribution in [2.24, 2.45) is 0 Å². The summed E-state index contributed by atoms with van der Waals surface area (Å²) in [6, 6.07) is 10.8. The predicted octanol–water partition coefficient (Wildman–Crippen LogP) is 4.35. The summed E-state index contributed by atoms with van der Waals surface area (Å²) in [5.41, 5.74) is 8.64. The van der Waals surface area contributed by atoms with Crippen LogP contribution < -0.4 is 11.1 Å². The Morgan fingerprint density at radius 2 is 1.89 bits per heavy atom. The third-order valence-corrected chi connectivity index (χ3v) is 4.04. The average Bonchev–Trinajstić information content (AvgIpc) is 2.36. The molecule has 0 aromatic heterocycles. The van der Waals surface area contributed by atoms with Crippen LogP contribution in [-0.2, 0) is 0 Å². The Morgan fingerprint density at radius 1 is 1.16 bits per heavy atom. The van der Waals surface area contributed by atoms with Crippen molar-refractivity contribution in [1.82, 2.24) is 0 Å². The van der Waals surface area contributed by atoms with Crippen LogP contribution in [-0.4, -0.2) is 5.91 Å². The molecule has 0 unspecified atom stereocenters. The van der Waals surface area contributed by atoms with E-state index in [1.54, 1.807) is 24.3 Å². The molecular weight excluding hydrogens is 372 g/mol. The number of hydrogen-bond acceptors (Lipinski definition) is 2. The highest BCUT2D eigenvalue weighted by molar-refractivity contribution is 9.10. The van der Waals surface area contributed by atoms with Gasteiger partial charge >= 0.3 is 0 Å². The normalized spacial score (nSPS) is 10.3. The van der Waals surface area contributed by atoms with Crippen molar-refractivity contribution in [2.75, 3.05) is 11.1 Å². The Morgan fingerprint density at radius 3 is 2.53 bits per heavy atom. The average molecular weight is 384 g/mol. The van der Waals surface area contributed by atoms with E-state index in [9.17, 15) is 4.79 Å². The summed E-state index contributed by atoms with van der Waals surface area (Å²) in [4.78, 5) is 12.1. The molecule has 0 radical (unpaired) electrons. The Kier molecular flexibility index (Phi) is 4.27. The van der Waals surface area contributed by atoms with E-state index in [4.69, 9.17) is 5.73 Å². The minimum Gasteiger partial charge on any atom is -0.397 e. The lowest BCUT2D eigenvalue weighted by Crippen LogP contribution is -2.13. The second-order valence-electron chi connectivity index (χ2n) is 4.15. The van der Waals surface area contributed by atoms with E-state index >= 15 is 0 Å². The second-order valence-corrected chi connectivity index (χ2v) is 5.92. The molecule has 0 aliphatic carbocycles. The summed E-state index contributed by atoms with van der Waals surface area (Å²) in [7, 11) is 0. The number of benzene rings is 2. The Balaban J connectivity index is 2.23. The lowest BCUT2D eigenvalue weighted by atomic mass is 10.1. The highest BCUT2D eigenvalue weighted by Gasteiger charge is 2.09. The van der Waals surface area contributed by atoms with Gasteiger partial charge in [0.05, 0.1) is 11.4 Å². The monoisotopic (exact) mass is 382 g/mol. The highest BCUT2D eigenvalue weighted by Crippen LogP contribution is 2.24. The van der Waals surface area contributed by atoms with Gasteiger partial charge < -0.3 is 11.1 Å². The maximum atomic E-state index is 12.1. The van der Waals surface area contributed by atoms with Crippen LogP contribution in [0.5, 0.6) is 0 Å². The third-order valence-electron chi connectivity index (χ3n) is 2.70. The van der Waals surface area contributed by atoms with E-state index < -0.39 is 0 Å². The van der Waals surface area contributed by atoms with Crippen LogP contribution >= 0.6 is 31.9 Å². The lowest BCUT2D eigenvalue weighted by molar-refractivity contribution is 0.102. The van der Waals surface area contributed by atoms with E-state index in [0.29, 0.717) is 16.9 Å². The number of rotatable bonds is 2. The largest absolute Gasteiger partial charge is 0.397 e. The molecule has 3 nitrogen and oxygen atoms in total. The molecule has 1 amide bonds. The Hall–Kier alpha value is -1.33. The molecule has 0 heterocycles. The van der Waals surface area contributed by atoms with Crippen molar-refractivity contribution in [1.29, 1.82) is 0 Å². The topological polar surface area (TPSA) is 55.1 Å². The van der Waals surface area contributed by atoms with Gasteiger partial charge in [-0.1, -0.05) is 37.9 Å². The summed E-state index contributed by atoms with van der Waals surface area (Å²) in [6.45, 7) is 1.97. The van der Waals surface area contributed by atoms with Crippen LogP contribution in [0.1, 0.15) is 15.9 Å². The van der Waals surface area contributed by atoms with Gasteiger partial charge in [-0.15, -0.1) is 0 Å². The summed E-state index contributed by atoms with van der Waals surface area (Å²) in [6.07, 6.45) is 0. The molecule has 0 aliphatic rings. The van der Waals surface area contributed by atoms with Crippen molar-refractivity contribution in [3.05, 3.63) is 56.5 Å². The Bertz CT molecular complexity index is 641. The van der Waals surface area contributed by atoms with Crippen LogP contribution in [0.3, 0.4) is 0 Å². The number of nitrogen functional groups attached to an aromatic ring is 1. The van der Waals surface area contributed by atoms with Crippen molar-refractivity contribution in [3.8, 4) is 0 Å². The molecule has 0 fully saturated rings. The number of nitrogens with two attached hydrogens (primary N) is 1. The van der Waals surface area contributed by atoms with Gasteiger partial charge in [0.15, 0.2) is 0 Å². The first kappa shape index (κ1) is 14.1. The van der Waals surface area contributed by atoms with Crippen LogP contribution in [0, 0.1) is 6.92 Å². The van der Waals surface area contributed by atoms with Gasteiger partial charge in [-0.3, -0.25) is 4.79 Å². The van der Waals surface area contributed by atoms with Crippen LogP contribution in [0.4, 0.5) is 11.4 Å². The highest BCUT2D eigenvalue weighted by atomic mass is 79.9. The molecule has 19 heavy (non-hydrogen) atoms. The molecular formula is C14H12Br2N2O. The van der Waals surface area contributed by atoms with Gasteiger partial charge in [-0.05, 0) is 42.8 Å². The van der Waals surface area contributed by atoms with E-state index in [2.05, 4.69) is 37.2 Å². The van der Waals surface area contributed by atoms with E-state index in [1.165, 1.54) is 0 Å². The fourth-order valence-corrected chi connectivity index (χ4v) is 2.33. The molecule has 0 saturated carbocycles. The molecule has 2 aromatic carbocycles. The molecule has 98 valence electrons. The number of nitrogens with one attached hydrogen (secondary N) is 1. The number of aryl methyl sites for hydroxylation is 1. The fraction of sp³-hybridized carbons (Fsp3) is 0.0714. The first-order valence-electron chi connectivity index (χ1n) is 5.60. The van der Waals surface area contributed by atoms with Crippen molar-refractivity contribution in [2.45, 2.75) is 6.92 Å². The zero-order valence-corrected chi connectivity index (χ0v) is 13.4. The minimum absolute atomic E-state index is 0.185. The quantitative estimate of drug-likeness (QED) is 0.757. The zero-order valence-electron chi connectivity index (χ0n) is 10.2.